The van der Waals surface area contributed by atoms with Crippen LogP contribution in [0.3, 0.4) is 0 Å². The molecule has 0 spiro atoms. The quantitative estimate of drug-likeness (QED) is 0.452. The molecule has 3 saturated carbocycles. The van der Waals surface area contributed by atoms with E-state index in [2.05, 4.69) is 79.7 Å². The van der Waals surface area contributed by atoms with Gasteiger partial charge in [0.05, 0.1) is 6.10 Å². The number of hydrogen-bond donors (Lipinski definition) is 1. The van der Waals surface area contributed by atoms with Crippen molar-refractivity contribution in [3.8, 4) is 0 Å². The van der Waals surface area contributed by atoms with Crippen LogP contribution in [0.2, 0.25) is 0 Å². The lowest BCUT2D eigenvalue weighted by Gasteiger charge is -2.61. The first-order chi connectivity index (χ1) is 14.4. The van der Waals surface area contributed by atoms with Crippen molar-refractivity contribution in [1.82, 2.24) is 0 Å². The summed E-state index contributed by atoms with van der Waals surface area (Å²) in [6.45, 7) is 19.4. The molecule has 0 aromatic rings. The lowest BCUT2D eigenvalue weighted by molar-refractivity contribution is -0.0335. The number of aliphatic hydroxyl groups is 1. The molecule has 0 amide bonds. The lowest BCUT2D eigenvalue weighted by atomic mass is 9.43. The Balaban J connectivity index is 1.68. The standard InChI is InChI=1S/C30H48O/c1-20(2)10-9-11-21(3)22-14-18-30(8)24-12-13-25-27(4,5)26(31)16-17-28(25,6)23(24)15-19-29(22,30)7/h9,11-13,20-23,26,31H,10,14-19H2,1-8H3/t21?,22-,23?,26+,28-,29-,30+/m1/s1. The van der Waals surface area contributed by atoms with Crippen molar-refractivity contribution in [1.29, 1.82) is 0 Å². The molecule has 3 fully saturated rings. The first kappa shape index (κ1) is 23.3. The van der Waals surface area contributed by atoms with Crippen molar-refractivity contribution in [3.05, 3.63) is 35.5 Å². The molecule has 0 saturated heterocycles. The summed E-state index contributed by atoms with van der Waals surface area (Å²) < 4.78 is 0. The van der Waals surface area contributed by atoms with E-state index >= 15 is 0 Å². The van der Waals surface area contributed by atoms with E-state index in [-0.39, 0.29) is 16.9 Å². The zero-order valence-electron chi connectivity index (χ0n) is 21.6. The number of allylic oxidation sites excluding steroid dienone is 5. The van der Waals surface area contributed by atoms with Crippen LogP contribution >= 0.6 is 0 Å². The molecule has 0 radical (unpaired) electrons. The Morgan fingerprint density at radius 2 is 1.68 bits per heavy atom. The number of fused-ring (bicyclic) bond motifs is 5. The van der Waals surface area contributed by atoms with Crippen molar-refractivity contribution in [2.45, 2.75) is 106 Å². The van der Waals surface area contributed by atoms with Gasteiger partial charge in [-0.05, 0) is 84.9 Å². The van der Waals surface area contributed by atoms with Gasteiger partial charge in [-0.3, -0.25) is 0 Å². The molecule has 4 aliphatic carbocycles. The Hall–Kier alpha value is -0.820. The van der Waals surface area contributed by atoms with Crippen LogP contribution in [0.25, 0.3) is 0 Å². The molecule has 0 aromatic heterocycles. The second-order valence-corrected chi connectivity index (χ2v) is 13.3. The lowest BCUT2D eigenvalue weighted by Crippen LogP contribution is -2.54. The van der Waals surface area contributed by atoms with Gasteiger partial charge in [-0.25, -0.2) is 0 Å². The summed E-state index contributed by atoms with van der Waals surface area (Å²) >= 11 is 0. The predicted molar refractivity (Wildman–Crippen MR) is 133 cm³/mol. The van der Waals surface area contributed by atoms with Crippen LogP contribution in [0.1, 0.15) is 100 Å². The summed E-state index contributed by atoms with van der Waals surface area (Å²) in [6, 6.07) is 0. The molecule has 1 heteroatoms. The molecule has 1 N–H and O–H groups in total. The largest absolute Gasteiger partial charge is 0.392 e. The van der Waals surface area contributed by atoms with Gasteiger partial charge in [-0.1, -0.05) is 90.8 Å². The Labute approximate surface area is 192 Å². The van der Waals surface area contributed by atoms with Gasteiger partial charge in [0.1, 0.15) is 0 Å². The number of aliphatic hydroxyl groups excluding tert-OH is 1. The van der Waals surface area contributed by atoms with E-state index in [0.29, 0.717) is 22.7 Å². The Morgan fingerprint density at radius 3 is 2.35 bits per heavy atom. The van der Waals surface area contributed by atoms with Crippen molar-refractivity contribution in [3.63, 3.8) is 0 Å². The zero-order valence-corrected chi connectivity index (χ0v) is 21.6. The third kappa shape index (κ3) is 3.27. The summed E-state index contributed by atoms with van der Waals surface area (Å²) in [7, 11) is 0. The van der Waals surface area contributed by atoms with E-state index in [4.69, 9.17) is 0 Å². The fraction of sp³-hybridized carbons (Fsp3) is 0.800. The van der Waals surface area contributed by atoms with Crippen LogP contribution in [0.15, 0.2) is 35.5 Å². The Bertz CT molecular complexity index is 797. The minimum atomic E-state index is -0.208. The van der Waals surface area contributed by atoms with Crippen molar-refractivity contribution in [2.24, 2.45) is 45.3 Å². The van der Waals surface area contributed by atoms with Crippen LogP contribution in [-0.4, -0.2) is 11.2 Å². The summed E-state index contributed by atoms with van der Waals surface area (Å²) in [5.74, 6) is 2.85. The molecule has 4 rings (SSSR count). The fourth-order valence-corrected chi connectivity index (χ4v) is 8.67. The molecular weight excluding hydrogens is 376 g/mol. The normalized spacial score (nSPS) is 45.0. The summed E-state index contributed by atoms with van der Waals surface area (Å²) in [6.07, 6.45) is 18.4. The minimum absolute atomic E-state index is 0.107. The third-order valence-corrected chi connectivity index (χ3v) is 11.0. The molecule has 0 heterocycles. The molecule has 2 unspecified atom stereocenters. The maximum absolute atomic E-state index is 10.8. The maximum Gasteiger partial charge on any atom is 0.0628 e. The first-order valence-electron chi connectivity index (χ1n) is 13.2. The van der Waals surface area contributed by atoms with Gasteiger partial charge >= 0.3 is 0 Å². The SMILES string of the molecule is CC(C)CC=CC(C)[C@H]1CC[C@@]2(C)C3=CC=C4C(C)(C)[C@@H](O)CC[C@]4(C)C3CC[C@]12C. The van der Waals surface area contributed by atoms with Gasteiger partial charge in [0, 0.05) is 5.41 Å². The average molecular weight is 425 g/mol. The van der Waals surface area contributed by atoms with Gasteiger partial charge < -0.3 is 5.11 Å². The van der Waals surface area contributed by atoms with Crippen LogP contribution in [-0.2, 0) is 0 Å². The van der Waals surface area contributed by atoms with Crippen molar-refractivity contribution < 1.29 is 5.11 Å². The number of hydrogen-bond acceptors (Lipinski definition) is 1. The second-order valence-electron chi connectivity index (χ2n) is 13.3. The van der Waals surface area contributed by atoms with Crippen LogP contribution in [0, 0.1) is 45.3 Å². The highest BCUT2D eigenvalue weighted by molar-refractivity contribution is 5.43. The van der Waals surface area contributed by atoms with Crippen molar-refractivity contribution >= 4 is 0 Å². The highest BCUT2D eigenvalue weighted by Gasteiger charge is 2.63. The number of rotatable bonds is 4. The van der Waals surface area contributed by atoms with Crippen LogP contribution < -0.4 is 0 Å². The predicted octanol–water partition coefficient (Wildman–Crippen LogP) is 8.11. The van der Waals surface area contributed by atoms with Crippen molar-refractivity contribution in [2.75, 3.05) is 0 Å². The summed E-state index contributed by atoms with van der Waals surface area (Å²) in [5, 5.41) is 10.8. The average Bonchev–Trinajstić information content (AvgIpc) is 2.96. The molecule has 4 aliphatic rings. The van der Waals surface area contributed by atoms with E-state index in [0.717, 1.165) is 24.7 Å². The first-order valence-corrected chi connectivity index (χ1v) is 13.2. The molecule has 174 valence electrons. The van der Waals surface area contributed by atoms with Gasteiger partial charge in [0.2, 0.25) is 0 Å². The Kier molecular flexibility index (Phi) is 5.73. The highest BCUT2D eigenvalue weighted by atomic mass is 16.3. The van der Waals surface area contributed by atoms with Gasteiger partial charge in [-0.15, -0.1) is 0 Å². The van der Waals surface area contributed by atoms with Gasteiger partial charge in [0.15, 0.2) is 0 Å². The smallest absolute Gasteiger partial charge is 0.0628 e. The van der Waals surface area contributed by atoms with E-state index in [1.165, 1.54) is 37.7 Å². The molecule has 0 aromatic carbocycles. The van der Waals surface area contributed by atoms with E-state index < -0.39 is 0 Å². The maximum atomic E-state index is 10.8. The van der Waals surface area contributed by atoms with Gasteiger partial charge in [-0.2, -0.15) is 0 Å². The van der Waals surface area contributed by atoms with Crippen LogP contribution in [0.5, 0.6) is 0 Å². The van der Waals surface area contributed by atoms with E-state index in [9.17, 15) is 5.11 Å². The Morgan fingerprint density at radius 1 is 0.968 bits per heavy atom. The zero-order chi connectivity index (χ0) is 22.8. The van der Waals surface area contributed by atoms with E-state index in [1.54, 1.807) is 5.57 Å². The molecule has 0 aliphatic heterocycles. The molecule has 31 heavy (non-hydrogen) atoms. The third-order valence-electron chi connectivity index (χ3n) is 11.0. The molecule has 1 nitrogen and oxygen atoms in total. The molecule has 7 atom stereocenters. The fourth-order valence-electron chi connectivity index (χ4n) is 8.67. The summed E-state index contributed by atoms with van der Waals surface area (Å²) in [5.41, 5.74) is 4.08. The minimum Gasteiger partial charge on any atom is -0.392 e. The molecule has 0 bridgehead atoms. The molecular formula is C30H48O. The highest BCUT2D eigenvalue weighted by Crippen LogP contribution is 2.72. The van der Waals surface area contributed by atoms with Crippen LogP contribution in [0.4, 0.5) is 0 Å². The monoisotopic (exact) mass is 424 g/mol. The van der Waals surface area contributed by atoms with Gasteiger partial charge in [0.25, 0.3) is 0 Å². The second kappa shape index (κ2) is 7.61. The topological polar surface area (TPSA) is 20.2 Å². The summed E-state index contributed by atoms with van der Waals surface area (Å²) in [4.78, 5) is 0. The van der Waals surface area contributed by atoms with E-state index in [1.807, 2.05) is 0 Å².